The predicted octanol–water partition coefficient (Wildman–Crippen LogP) is 2.74. The summed E-state index contributed by atoms with van der Waals surface area (Å²) in [4.78, 5) is 0. The molecule has 1 aromatic rings. The van der Waals surface area contributed by atoms with E-state index in [1.165, 1.54) is 19.3 Å². The van der Waals surface area contributed by atoms with Gasteiger partial charge in [-0.1, -0.05) is 36.8 Å². The molecule has 2 unspecified atom stereocenters. The first kappa shape index (κ1) is 9.23. The standard InChI is InChI=1S/C15H18O/c16-10-9-14-12-7-4-8-13(14)15(12,14)11-5-2-1-3-6-11/h1-3,5-6,12-13,16H,4,7-10H2. The minimum atomic E-state index is 0.377. The summed E-state index contributed by atoms with van der Waals surface area (Å²) in [5.41, 5.74) is 2.59. The molecule has 0 aliphatic heterocycles. The molecule has 3 fully saturated rings. The SMILES string of the molecule is OCCC12C3CCCC1C32c1ccccc1. The molecule has 3 saturated carbocycles. The van der Waals surface area contributed by atoms with Gasteiger partial charge in [0.2, 0.25) is 0 Å². The van der Waals surface area contributed by atoms with Gasteiger partial charge in [0.15, 0.2) is 0 Å². The Bertz CT molecular complexity index is 410. The van der Waals surface area contributed by atoms with E-state index < -0.39 is 0 Å². The van der Waals surface area contributed by atoms with E-state index in [9.17, 15) is 5.11 Å². The Hall–Kier alpha value is -0.820. The van der Waals surface area contributed by atoms with Crippen LogP contribution in [-0.4, -0.2) is 11.7 Å². The number of rotatable bonds is 3. The van der Waals surface area contributed by atoms with E-state index in [0.717, 1.165) is 18.3 Å². The van der Waals surface area contributed by atoms with Gasteiger partial charge in [-0.2, -0.15) is 0 Å². The largest absolute Gasteiger partial charge is 0.396 e. The first-order valence-electron chi connectivity index (χ1n) is 6.55. The number of fused-ring (bicyclic) bond motifs is 2. The van der Waals surface area contributed by atoms with Crippen LogP contribution in [0, 0.1) is 17.3 Å². The maximum absolute atomic E-state index is 9.29. The topological polar surface area (TPSA) is 20.2 Å². The molecule has 0 saturated heterocycles. The lowest BCUT2D eigenvalue weighted by atomic mass is 9.76. The van der Waals surface area contributed by atoms with Crippen molar-refractivity contribution in [3.63, 3.8) is 0 Å². The minimum Gasteiger partial charge on any atom is -0.396 e. The van der Waals surface area contributed by atoms with Crippen molar-refractivity contribution in [2.24, 2.45) is 17.3 Å². The molecule has 3 aliphatic rings. The number of aliphatic hydroxyl groups is 1. The van der Waals surface area contributed by atoms with Crippen LogP contribution >= 0.6 is 0 Å². The fourth-order valence-electron chi connectivity index (χ4n) is 5.35. The smallest absolute Gasteiger partial charge is 0.0436 e. The Kier molecular flexibility index (Phi) is 1.56. The highest BCUT2D eigenvalue weighted by molar-refractivity contribution is 5.57. The van der Waals surface area contributed by atoms with Gasteiger partial charge in [-0.05, 0) is 42.1 Å². The Balaban J connectivity index is 1.75. The number of hydrogen-bond acceptors (Lipinski definition) is 1. The van der Waals surface area contributed by atoms with Crippen molar-refractivity contribution in [2.45, 2.75) is 31.1 Å². The van der Waals surface area contributed by atoms with Crippen LogP contribution in [-0.2, 0) is 5.41 Å². The summed E-state index contributed by atoms with van der Waals surface area (Å²) in [6.07, 6.45) is 5.24. The lowest BCUT2D eigenvalue weighted by Gasteiger charge is -2.28. The predicted molar refractivity (Wildman–Crippen MR) is 63.1 cm³/mol. The molecule has 1 nitrogen and oxygen atoms in total. The van der Waals surface area contributed by atoms with Crippen molar-refractivity contribution in [1.82, 2.24) is 0 Å². The van der Waals surface area contributed by atoms with E-state index in [1.54, 1.807) is 5.56 Å². The summed E-state index contributed by atoms with van der Waals surface area (Å²) < 4.78 is 0. The molecular weight excluding hydrogens is 196 g/mol. The first-order chi connectivity index (χ1) is 7.89. The molecular formula is C15H18O. The van der Waals surface area contributed by atoms with Gasteiger partial charge in [-0.15, -0.1) is 0 Å². The lowest BCUT2D eigenvalue weighted by Crippen LogP contribution is -2.21. The summed E-state index contributed by atoms with van der Waals surface area (Å²) in [6, 6.07) is 11.0. The average molecular weight is 214 g/mol. The third-order valence-electron chi connectivity index (χ3n) is 5.71. The molecule has 2 atom stereocenters. The highest BCUT2D eigenvalue weighted by Crippen LogP contribution is 2.98. The fourth-order valence-corrected chi connectivity index (χ4v) is 5.35. The Morgan fingerprint density at radius 1 is 1.12 bits per heavy atom. The molecule has 4 rings (SSSR count). The van der Waals surface area contributed by atoms with Crippen LogP contribution in [0.1, 0.15) is 31.2 Å². The average Bonchev–Trinajstić information content (AvgIpc) is 3.17. The van der Waals surface area contributed by atoms with Crippen LogP contribution < -0.4 is 0 Å². The molecule has 3 aliphatic carbocycles. The third-order valence-corrected chi connectivity index (χ3v) is 5.71. The normalized spacial score (nSPS) is 47.3. The van der Waals surface area contributed by atoms with Gasteiger partial charge in [0, 0.05) is 12.0 Å². The highest BCUT2D eigenvalue weighted by Gasteiger charge is 2.96. The van der Waals surface area contributed by atoms with Gasteiger partial charge < -0.3 is 5.11 Å². The van der Waals surface area contributed by atoms with Crippen LogP contribution in [0.15, 0.2) is 30.3 Å². The lowest BCUT2D eigenvalue weighted by molar-refractivity contribution is 0.202. The maximum atomic E-state index is 9.29. The van der Waals surface area contributed by atoms with Gasteiger partial charge in [-0.25, -0.2) is 0 Å². The number of benzene rings is 1. The molecule has 84 valence electrons. The van der Waals surface area contributed by atoms with Crippen molar-refractivity contribution >= 4 is 0 Å². The van der Waals surface area contributed by atoms with Crippen molar-refractivity contribution < 1.29 is 5.11 Å². The fraction of sp³-hybridized carbons (Fsp3) is 0.600. The van der Waals surface area contributed by atoms with Crippen molar-refractivity contribution in [2.75, 3.05) is 6.61 Å². The van der Waals surface area contributed by atoms with Crippen LogP contribution in [0.25, 0.3) is 0 Å². The minimum absolute atomic E-state index is 0.377. The van der Waals surface area contributed by atoms with E-state index in [-0.39, 0.29) is 0 Å². The van der Waals surface area contributed by atoms with Crippen molar-refractivity contribution in [1.29, 1.82) is 0 Å². The summed E-state index contributed by atoms with van der Waals surface area (Å²) in [7, 11) is 0. The zero-order valence-corrected chi connectivity index (χ0v) is 9.52. The van der Waals surface area contributed by atoms with Gasteiger partial charge in [0.25, 0.3) is 0 Å². The summed E-state index contributed by atoms with van der Waals surface area (Å²) >= 11 is 0. The molecule has 16 heavy (non-hydrogen) atoms. The molecule has 0 spiro atoms. The van der Waals surface area contributed by atoms with E-state index in [2.05, 4.69) is 30.3 Å². The van der Waals surface area contributed by atoms with E-state index >= 15 is 0 Å². The number of aliphatic hydroxyl groups excluding tert-OH is 1. The Morgan fingerprint density at radius 3 is 2.44 bits per heavy atom. The van der Waals surface area contributed by atoms with Gasteiger partial charge in [0.05, 0.1) is 0 Å². The zero-order valence-electron chi connectivity index (χ0n) is 9.52. The maximum Gasteiger partial charge on any atom is 0.0436 e. The molecule has 0 aromatic heterocycles. The number of hydrogen-bond donors (Lipinski definition) is 1. The van der Waals surface area contributed by atoms with Crippen LogP contribution in [0.5, 0.6) is 0 Å². The summed E-state index contributed by atoms with van der Waals surface area (Å²) in [5.74, 6) is 1.79. The van der Waals surface area contributed by atoms with Crippen LogP contribution in [0.3, 0.4) is 0 Å². The van der Waals surface area contributed by atoms with Crippen molar-refractivity contribution in [3.05, 3.63) is 35.9 Å². The van der Waals surface area contributed by atoms with Crippen LogP contribution in [0.4, 0.5) is 0 Å². The molecule has 0 bridgehead atoms. The summed E-state index contributed by atoms with van der Waals surface area (Å²) in [5, 5.41) is 9.29. The second-order valence-corrected chi connectivity index (χ2v) is 5.79. The molecule has 0 heterocycles. The molecule has 1 aromatic carbocycles. The van der Waals surface area contributed by atoms with Crippen LogP contribution in [0.2, 0.25) is 0 Å². The van der Waals surface area contributed by atoms with E-state index in [0.29, 0.717) is 17.4 Å². The second kappa shape index (κ2) is 2.70. The quantitative estimate of drug-likeness (QED) is 0.820. The molecule has 1 N–H and O–H groups in total. The molecule has 1 heteroatoms. The first-order valence-corrected chi connectivity index (χ1v) is 6.55. The second-order valence-electron chi connectivity index (χ2n) is 5.79. The van der Waals surface area contributed by atoms with Gasteiger partial charge >= 0.3 is 0 Å². The Labute approximate surface area is 96.5 Å². The Morgan fingerprint density at radius 2 is 1.81 bits per heavy atom. The summed E-state index contributed by atoms with van der Waals surface area (Å²) in [6.45, 7) is 0.377. The van der Waals surface area contributed by atoms with Crippen molar-refractivity contribution in [3.8, 4) is 0 Å². The monoisotopic (exact) mass is 214 g/mol. The van der Waals surface area contributed by atoms with Gasteiger partial charge in [0.1, 0.15) is 0 Å². The van der Waals surface area contributed by atoms with E-state index in [1.807, 2.05) is 0 Å². The third kappa shape index (κ3) is 0.718. The van der Waals surface area contributed by atoms with Gasteiger partial charge in [-0.3, -0.25) is 0 Å². The molecule has 0 radical (unpaired) electrons. The van der Waals surface area contributed by atoms with E-state index in [4.69, 9.17) is 0 Å². The highest BCUT2D eigenvalue weighted by atomic mass is 16.3. The zero-order chi connectivity index (χ0) is 10.8. The molecule has 0 amide bonds.